The molecule has 0 fully saturated rings. The number of hydrogen-bond acceptors (Lipinski definition) is 2. The largest absolute Gasteiger partial charge is 0.320 e. The molecule has 0 saturated heterocycles. The van der Waals surface area contributed by atoms with Gasteiger partial charge >= 0.3 is 0 Å². The lowest BCUT2D eigenvalue weighted by Crippen LogP contribution is -2.12. The molecular weight excluding hydrogens is 220 g/mol. The summed E-state index contributed by atoms with van der Waals surface area (Å²) in [7, 11) is 0. The van der Waals surface area contributed by atoms with Gasteiger partial charge in [0.05, 0.1) is 6.04 Å². The molecule has 18 heavy (non-hydrogen) atoms. The van der Waals surface area contributed by atoms with E-state index in [4.69, 9.17) is 5.73 Å². The predicted octanol–water partition coefficient (Wildman–Crippen LogP) is 3.28. The summed E-state index contributed by atoms with van der Waals surface area (Å²) in [4.78, 5) is 4.03. The van der Waals surface area contributed by atoms with Gasteiger partial charge in [0.1, 0.15) is 0 Å². The molecule has 3 aromatic rings. The van der Waals surface area contributed by atoms with Crippen LogP contribution in [0.5, 0.6) is 0 Å². The van der Waals surface area contributed by atoms with Crippen LogP contribution < -0.4 is 5.73 Å². The van der Waals surface area contributed by atoms with Gasteiger partial charge in [-0.2, -0.15) is 0 Å². The third-order valence-electron chi connectivity index (χ3n) is 3.22. The molecule has 0 aliphatic rings. The number of nitrogens with zero attached hydrogens (tertiary/aromatic N) is 1. The average Bonchev–Trinajstić information content (AvgIpc) is 2.47. The molecule has 0 bridgehead atoms. The summed E-state index contributed by atoms with van der Waals surface area (Å²) in [6.45, 7) is 0. The second-order valence-corrected chi connectivity index (χ2v) is 4.33. The maximum Gasteiger partial charge on any atom is 0.0558 e. The molecule has 88 valence electrons. The highest BCUT2D eigenvalue weighted by atomic mass is 14.7. The summed E-state index contributed by atoms with van der Waals surface area (Å²) in [6, 6.07) is 18.4. The Labute approximate surface area is 106 Å². The Morgan fingerprint density at radius 1 is 0.833 bits per heavy atom. The molecule has 1 atom stereocenters. The molecule has 2 heteroatoms. The molecule has 3 rings (SSSR count). The average molecular weight is 234 g/mol. The molecule has 0 radical (unpaired) electrons. The van der Waals surface area contributed by atoms with Gasteiger partial charge in [-0.1, -0.05) is 42.5 Å². The van der Waals surface area contributed by atoms with Crippen molar-refractivity contribution < 1.29 is 0 Å². The van der Waals surface area contributed by atoms with Crippen molar-refractivity contribution in [3.05, 3.63) is 78.1 Å². The Morgan fingerprint density at radius 2 is 1.56 bits per heavy atom. The number of pyridine rings is 1. The molecule has 0 amide bonds. The smallest absolute Gasteiger partial charge is 0.0558 e. The van der Waals surface area contributed by atoms with Crippen molar-refractivity contribution in [2.45, 2.75) is 6.04 Å². The quantitative estimate of drug-likeness (QED) is 0.739. The van der Waals surface area contributed by atoms with Crippen LogP contribution in [0.3, 0.4) is 0 Å². The van der Waals surface area contributed by atoms with E-state index in [-0.39, 0.29) is 6.04 Å². The second kappa shape index (κ2) is 4.59. The van der Waals surface area contributed by atoms with Gasteiger partial charge in [0.25, 0.3) is 0 Å². The lowest BCUT2D eigenvalue weighted by atomic mass is 9.95. The van der Waals surface area contributed by atoms with Crippen LogP contribution in [0.15, 0.2) is 67.0 Å². The van der Waals surface area contributed by atoms with E-state index in [1.54, 1.807) is 12.4 Å². The number of hydrogen-bond donors (Lipinski definition) is 1. The fourth-order valence-electron chi connectivity index (χ4n) is 2.27. The summed E-state index contributed by atoms with van der Waals surface area (Å²) < 4.78 is 0. The van der Waals surface area contributed by atoms with E-state index >= 15 is 0 Å². The number of benzene rings is 2. The Hall–Kier alpha value is -2.19. The fourth-order valence-corrected chi connectivity index (χ4v) is 2.27. The van der Waals surface area contributed by atoms with E-state index in [1.807, 2.05) is 24.3 Å². The zero-order chi connectivity index (χ0) is 12.4. The predicted molar refractivity (Wildman–Crippen MR) is 74.2 cm³/mol. The third kappa shape index (κ3) is 1.87. The lowest BCUT2D eigenvalue weighted by Gasteiger charge is -2.14. The Kier molecular flexibility index (Phi) is 2.79. The topological polar surface area (TPSA) is 38.9 Å². The molecule has 2 N–H and O–H groups in total. The Morgan fingerprint density at radius 3 is 2.39 bits per heavy atom. The van der Waals surface area contributed by atoms with Crippen LogP contribution in [0.4, 0.5) is 0 Å². The van der Waals surface area contributed by atoms with E-state index in [9.17, 15) is 0 Å². The van der Waals surface area contributed by atoms with Gasteiger partial charge in [0.15, 0.2) is 0 Å². The van der Waals surface area contributed by atoms with E-state index in [1.165, 1.54) is 10.8 Å². The summed E-state index contributed by atoms with van der Waals surface area (Å²) in [5.74, 6) is 0. The monoisotopic (exact) mass is 234 g/mol. The van der Waals surface area contributed by atoms with Gasteiger partial charge < -0.3 is 5.73 Å². The van der Waals surface area contributed by atoms with E-state index < -0.39 is 0 Å². The molecule has 2 nitrogen and oxygen atoms in total. The minimum atomic E-state index is -0.112. The van der Waals surface area contributed by atoms with Crippen molar-refractivity contribution in [2.75, 3.05) is 0 Å². The number of aromatic nitrogens is 1. The minimum Gasteiger partial charge on any atom is -0.320 e. The van der Waals surface area contributed by atoms with E-state index in [0.29, 0.717) is 0 Å². The molecule has 1 aromatic heterocycles. The first-order valence-corrected chi connectivity index (χ1v) is 5.99. The molecule has 1 heterocycles. The van der Waals surface area contributed by atoms with Crippen molar-refractivity contribution in [1.29, 1.82) is 0 Å². The fraction of sp³-hybridized carbons (Fsp3) is 0.0625. The highest BCUT2D eigenvalue weighted by Gasteiger charge is 2.11. The third-order valence-corrected chi connectivity index (χ3v) is 3.22. The highest BCUT2D eigenvalue weighted by Crippen LogP contribution is 2.26. The zero-order valence-electron chi connectivity index (χ0n) is 9.95. The second-order valence-electron chi connectivity index (χ2n) is 4.33. The van der Waals surface area contributed by atoms with Gasteiger partial charge in [-0.05, 0) is 34.0 Å². The summed E-state index contributed by atoms with van der Waals surface area (Å²) in [5, 5.41) is 2.43. The number of rotatable bonds is 2. The normalized spacial score (nSPS) is 12.5. The number of fused-ring (bicyclic) bond motifs is 1. The van der Waals surface area contributed by atoms with Crippen LogP contribution in [0.25, 0.3) is 10.8 Å². The zero-order valence-corrected chi connectivity index (χ0v) is 9.95. The van der Waals surface area contributed by atoms with Gasteiger partial charge in [0, 0.05) is 12.4 Å². The molecule has 0 aliphatic heterocycles. The molecule has 1 unspecified atom stereocenters. The van der Waals surface area contributed by atoms with Crippen molar-refractivity contribution in [3.8, 4) is 0 Å². The standard InChI is InChI=1S/C16H14N2/c17-16(13-8-10-18-11-9-13)15-7-3-5-12-4-1-2-6-14(12)15/h1-11,16H,17H2. The maximum atomic E-state index is 6.35. The van der Waals surface area contributed by atoms with E-state index in [2.05, 4.69) is 35.3 Å². The van der Waals surface area contributed by atoms with Crippen molar-refractivity contribution in [1.82, 2.24) is 4.98 Å². The molecule has 0 aliphatic carbocycles. The van der Waals surface area contributed by atoms with Crippen LogP contribution in [0, 0.1) is 0 Å². The summed E-state index contributed by atoms with van der Waals surface area (Å²) in [6.07, 6.45) is 3.56. The van der Waals surface area contributed by atoms with Crippen LogP contribution >= 0.6 is 0 Å². The summed E-state index contributed by atoms with van der Waals surface area (Å²) in [5.41, 5.74) is 8.59. The van der Waals surface area contributed by atoms with Crippen molar-refractivity contribution in [3.63, 3.8) is 0 Å². The lowest BCUT2D eigenvalue weighted by molar-refractivity contribution is 0.877. The van der Waals surface area contributed by atoms with Crippen LogP contribution in [0.2, 0.25) is 0 Å². The Balaban J connectivity index is 2.15. The van der Waals surface area contributed by atoms with Crippen LogP contribution in [-0.4, -0.2) is 4.98 Å². The van der Waals surface area contributed by atoms with Crippen LogP contribution in [-0.2, 0) is 0 Å². The van der Waals surface area contributed by atoms with Crippen molar-refractivity contribution in [2.24, 2.45) is 5.73 Å². The van der Waals surface area contributed by atoms with Gasteiger partial charge in [-0.15, -0.1) is 0 Å². The first kappa shape index (κ1) is 10.9. The number of nitrogens with two attached hydrogens (primary N) is 1. The SMILES string of the molecule is NC(c1ccncc1)c1cccc2ccccc12. The molecular formula is C16H14N2. The Bertz CT molecular complexity index is 657. The molecule has 0 saturated carbocycles. The van der Waals surface area contributed by atoms with Gasteiger partial charge in [-0.3, -0.25) is 4.98 Å². The van der Waals surface area contributed by atoms with Gasteiger partial charge in [0.2, 0.25) is 0 Å². The molecule has 2 aromatic carbocycles. The van der Waals surface area contributed by atoms with Crippen LogP contribution in [0.1, 0.15) is 17.2 Å². The first-order chi connectivity index (χ1) is 8.86. The van der Waals surface area contributed by atoms with Crippen molar-refractivity contribution >= 4 is 10.8 Å². The van der Waals surface area contributed by atoms with E-state index in [0.717, 1.165) is 11.1 Å². The summed E-state index contributed by atoms with van der Waals surface area (Å²) >= 11 is 0. The minimum absolute atomic E-state index is 0.112. The molecule has 0 spiro atoms. The van der Waals surface area contributed by atoms with Gasteiger partial charge in [-0.25, -0.2) is 0 Å². The first-order valence-electron chi connectivity index (χ1n) is 5.99. The highest BCUT2D eigenvalue weighted by molar-refractivity contribution is 5.86. The maximum absolute atomic E-state index is 6.35.